The van der Waals surface area contributed by atoms with E-state index in [9.17, 15) is 0 Å². The molecular formula is C72H52N2O2. The molecule has 0 aliphatic heterocycles. The van der Waals surface area contributed by atoms with Crippen molar-refractivity contribution in [2.45, 2.75) is 27.7 Å². The van der Waals surface area contributed by atoms with Crippen molar-refractivity contribution >= 4 is 99.5 Å². The highest BCUT2D eigenvalue weighted by Crippen LogP contribution is 2.48. The molecular weight excluding hydrogens is 925 g/mol. The van der Waals surface area contributed by atoms with Gasteiger partial charge in [0.15, 0.2) is 0 Å². The molecule has 0 amide bonds. The van der Waals surface area contributed by atoms with E-state index in [1.54, 1.807) is 0 Å². The smallest absolute Gasteiger partial charge is 0.147 e. The molecule has 0 N–H and O–H groups in total. The minimum Gasteiger partial charge on any atom is -0.455 e. The molecule has 2 aromatic heterocycles. The lowest BCUT2D eigenvalue weighted by atomic mass is 9.97. The molecule has 0 aliphatic rings. The SMILES string of the molecule is Cc1ccccc1N(c1ccc2cc3c(cc2c1)oc1c(-c2ccccc2)c2oc4cc5cc(N(c6ccccc6C)c6cc(-c7ccccc7)ccc6C)ccc5cc4c2cc13)c1cc(-c2ccccc2)ccc1C. The minimum atomic E-state index is 0.812. The largest absolute Gasteiger partial charge is 0.455 e. The predicted octanol–water partition coefficient (Wildman–Crippen LogP) is 21.0. The van der Waals surface area contributed by atoms with Crippen molar-refractivity contribution in [3.05, 3.63) is 265 Å². The summed E-state index contributed by atoms with van der Waals surface area (Å²) >= 11 is 0. The van der Waals surface area contributed by atoms with Crippen LogP contribution in [-0.2, 0) is 0 Å². The zero-order valence-corrected chi connectivity index (χ0v) is 42.8. The fraction of sp³-hybridized carbons (Fsp3) is 0.0556. The van der Waals surface area contributed by atoms with Crippen molar-refractivity contribution < 1.29 is 8.83 Å². The first-order chi connectivity index (χ1) is 37.3. The number of hydrogen-bond acceptors (Lipinski definition) is 4. The van der Waals surface area contributed by atoms with Crippen LogP contribution in [0.15, 0.2) is 251 Å². The predicted molar refractivity (Wildman–Crippen MR) is 321 cm³/mol. The Bertz CT molecular complexity index is 4300. The van der Waals surface area contributed by atoms with E-state index in [2.05, 4.69) is 280 Å². The first kappa shape index (κ1) is 45.0. The third kappa shape index (κ3) is 7.60. The molecule has 0 bridgehead atoms. The first-order valence-electron chi connectivity index (χ1n) is 26.1. The Morgan fingerprint density at radius 2 is 0.658 bits per heavy atom. The van der Waals surface area contributed by atoms with Crippen molar-refractivity contribution in [3.8, 4) is 33.4 Å². The maximum atomic E-state index is 7.10. The van der Waals surface area contributed by atoms with Gasteiger partial charge in [0.25, 0.3) is 0 Å². The van der Waals surface area contributed by atoms with Gasteiger partial charge in [0, 0.05) is 55.7 Å². The molecule has 76 heavy (non-hydrogen) atoms. The van der Waals surface area contributed by atoms with Crippen molar-refractivity contribution in [2.24, 2.45) is 0 Å². The molecule has 14 rings (SSSR count). The van der Waals surface area contributed by atoms with Crippen molar-refractivity contribution in [2.75, 3.05) is 9.80 Å². The lowest BCUT2D eigenvalue weighted by Crippen LogP contribution is -2.12. The lowest BCUT2D eigenvalue weighted by molar-refractivity contribution is 0.658. The van der Waals surface area contributed by atoms with Crippen LogP contribution in [0, 0.1) is 27.7 Å². The van der Waals surface area contributed by atoms with Gasteiger partial charge in [0.05, 0.1) is 5.56 Å². The maximum Gasteiger partial charge on any atom is 0.147 e. The van der Waals surface area contributed by atoms with E-state index in [0.717, 1.165) is 111 Å². The van der Waals surface area contributed by atoms with Gasteiger partial charge >= 0.3 is 0 Å². The van der Waals surface area contributed by atoms with Crippen LogP contribution < -0.4 is 9.80 Å². The molecule has 4 nitrogen and oxygen atoms in total. The summed E-state index contributed by atoms with van der Waals surface area (Å²) in [4.78, 5) is 4.81. The normalized spacial score (nSPS) is 11.7. The number of furan rings is 2. The van der Waals surface area contributed by atoms with E-state index >= 15 is 0 Å². The van der Waals surface area contributed by atoms with Crippen LogP contribution in [0.5, 0.6) is 0 Å². The fourth-order valence-corrected chi connectivity index (χ4v) is 11.5. The summed E-state index contributed by atoms with van der Waals surface area (Å²) in [5, 5.41) is 8.73. The van der Waals surface area contributed by atoms with E-state index in [-0.39, 0.29) is 0 Å². The molecule has 0 saturated carbocycles. The summed E-state index contributed by atoms with van der Waals surface area (Å²) in [7, 11) is 0. The zero-order chi connectivity index (χ0) is 51.0. The highest BCUT2D eigenvalue weighted by atomic mass is 16.3. The van der Waals surface area contributed by atoms with Gasteiger partial charge in [-0.3, -0.25) is 0 Å². The Labute approximate surface area is 441 Å². The van der Waals surface area contributed by atoms with Crippen LogP contribution in [0.25, 0.3) is 98.8 Å². The highest BCUT2D eigenvalue weighted by Gasteiger charge is 2.24. The average molecular weight is 977 g/mol. The maximum absolute atomic E-state index is 7.10. The summed E-state index contributed by atoms with van der Waals surface area (Å²) in [6.07, 6.45) is 0. The van der Waals surface area contributed by atoms with Gasteiger partial charge in [0.2, 0.25) is 0 Å². The minimum absolute atomic E-state index is 0.812. The molecule has 0 fully saturated rings. The van der Waals surface area contributed by atoms with Crippen LogP contribution in [0.2, 0.25) is 0 Å². The van der Waals surface area contributed by atoms with Crippen molar-refractivity contribution in [1.29, 1.82) is 0 Å². The number of rotatable bonds is 9. The second kappa shape index (κ2) is 18.1. The molecule has 14 aromatic rings. The highest BCUT2D eigenvalue weighted by molar-refractivity contribution is 6.24. The number of nitrogens with zero attached hydrogens (tertiary/aromatic N) is 2. The topological polar surface area (TPSA) is 32.8 Å². The number of anilines is 6. The summed E-state index contributed by atoms with van der Waals surface area (Å²) in [5.41, 5.74) is 21.5. The van der Waals surface area contributed by atoms with Crippen molar-refractivity contribution in [3.63, 3.8) is 0 Å². The van der Waals surface area contributed by atoms with Crippen LogP contribution >= 0.6 is 0 Å². The number of para-hydroxylation sites is 2. The molecule has 0 saturated heterocycles. The summed E-state index contributed by atoms with van der Waals surface area (Å²) in [6.45, 7) is 8.78. The van der Waals surface area contributed by atoms with Gasteiger partial charge in [0.1, 0.15) is 22.3 Å². The quantitative estimate of drug-likeness (QED) is 0.144. The Balaban J connectivity index is 0.922. The Hall–Kier alpha value is -9.64. The molecule has 0 aliphatic carbocycles. The molecule has 2 heterocycles. The van der Waals surface area contributed by atoms with Crippen molar-refractivity contribution in [1.82, 2.24) is 0 Å². The average Bonchev–Trinajstić information content (AvgIpc) is 4.11. The lowest BCUT2D eigenvalue weighted by Gasteiger charge is -2.29. The zero-order valence-electron chi connectivity index (χ0n) is 42.8. The summed E-state index contributed by atoms with van der Waals surface area (Å²) in [5.74, 6) is 0. The van der Waals surface area contributed by atoms with Gasteiger partial charge in [-0.1, -0.05) is 164 Å². The summed E-state index contributed by atoms with van der Waals surface area (Å²) in [6, 6.07) is 87.6. The fourth-order valence-electron chi connectivity index (χ4n) is 11.5. The van der Waals surface area contributed by atoms with Gasteiger partial charge in [-0.05, 0) is 178 Å². The molecule has 0 radical (unpaired) electrons. The Kier molecular flexibility index (Phi) is 10.7. The molecule has 0 spiro atoms. The third-order valence-electron chi connectivity index (χ3n) is 15.5. The molecule has 362 valence electrons. The number of hydrogen-bond donors (Lipinski definition) is 0. The first-order valence-corrected chi connectivity index (χ1v) is 26.1. The molecule has 0 atom stereocenters. The second-order valence-corrected chi connectivity index (χ2v) is 20.3. The third-order valence-corrected chi connectivity index (χ3v) is 15.5. The number of aryl methyl sites for hydroxylation is 4. The van der Waals surface area contributed by atoms with E-state index < -0.39 is 0 Å². The molecule has 0 unspecified atom stereocenters. The Morgan fingerprint density at radius 3 is 1.09 bits per heavy atom. The number of fused-ring (bicyclic) bond motifs is 8. The van der Waals surface area contributed by atoms with E-state index in [1.807, 2.05) is 0 Å². The van der Waals surface area contributed by atoms with Crippen LogP contribution in [0.4, 0.5) is 34.1 Å². The molecule has 12 aromatic carbocycles. The van der Waals surface area contributed by atoms with Gasteiger partial charge in [-0.25, -0.2) is 0 Å². The van der Waals surface area contributed by atoms with Gasteiger partial charge in [-0.15, -0.1) is 0 Å². The van der Waals surface area contributed by atoms with Crippen LogP contribution in [0.3, 0.4) is 0 Å². The van der Waals surface area contributed by atoms with Gasteiger partial charge < -0.3 is 18.6 Å². The monoisotopic (exact) mass is 976 g/mol. The van der Waals surface area contributed by atoms with E-state index in [1.165, 1.54) is 44.5 Å². The standard InChI is InChI=1S/C72H52N2O2/c1-45-18-14-16-26-64(45)73(66-40-54(30-28-47(66)3)49-20-8-5-9-21-49)58-34-32-52-38-60-62-44-63-61-39-53-33-35-59(74(65-27-17-15-19-46(65)2)67-41-55(31-29-48(67)4)50-22-10-6-11-23-50)37-57(53)43-69(61)76-72(63)70(51-24-12-7-13-25-51)71(62)75-68(60)42-56(52)36-58/h5-44H,1-4H3. The summed E-state index contributed by atoms with van der Waals surface area (Å²) < 4.78 is 14.2. The van der Waals surface area contributed by atoms with Crippen LogP contribution in [0.1, 0.15) is 22.3 Å². The number of benzene rings is 12. The Morgan fingerprint density at radius 1 is 0.263 bits per heavy atom. The van der Waals surface area contributed by atoms with Crippen LogP contribution in [-0.4, -0.2) is 0 Å². The van der Waals surface area contributed by atoms with E-state index in [0.29, 0.717) is 0 Å². The van der Waals surface area contributed by atoms with E-state index in [4.69, 9.17) is 8.83 Å². The second-order valence-electron chi connectivity index (χ2n) is 20.3. The molecule has 4 heteroatoms. The van der Waals surface area contributed by atoms with Gasteiger partial charge in [-0.2, -0.15) is 0 Å².